The Balaban J connectivity index is 1.99. The molecule has 0 aliphatic carbocycles. The zero-order chi connectivity index (χ0) is 15.4. The Morgan fingerprint density at radius 1 is 1.29 bits per heavy atom. The van der Waals surface area contributed by atoms with Crippen molar-refractivity contribution in [3.8, 4) is 5.75 Å². The summed E-state index contributed by atoms with van der Waals surface area (Å²) in [6.07, 6.45) is 0. The Hall–Kier alpha value is -2.63. The average molecular weight is 288 g/mol. The molecule has 6 nitrogen and oxygen atoms in total. The molecular formula is C15H16N2O4. The number of carboxylic acid groups (broad SMARTS) is 1. The van der Waals surface area contributed by atoms with Crippen LogP contribution in [0.4, 0.5) is 0 Å². The number of carbonyl (C=O) groups is 1. The minimum atomic E-state index is -0.977. The zero-order valence-corrected chi connectivity index (χ0v) is 11.9. The molecule has 0 atom stereocenters. The second-order valence-corrected chi connectivity index (χ2v) is 4.65. The van der Waals surface area contributed by atoms with E-state index in [9.17, 15) is 9.59 Å². The van der Waals surface area contributed by atoms with Gasteiger partial charge in [0.05, 0.1) is 12.1 Å². The second kappa shape index (κ2) is 6.21. The zero-order valence-electron chi connectivity index (χ0n) is 11.9. The highest BCUT2D eigenvalue weighted by Crippen LogP contribution is 2.12. The Labute approximate surface area is 121 Å². The summed E-state index contributed by atoms with van der Waals surface area (Å²) in [5.74, 6) is -0.416. The van der Waals surface area contributed by atoms with Gasteiger partial charge in [0.15, 0.2) is 0 Å². The molecule has 0 amide bonds. The van der Waals surface area contributed by atoms with E-state index in [1.54, 1.807) is 23.6 Å². The largest absolute Gasteiger partial charge is 0.492 e. The van der Waals surface area contributed by atoms with Gasteiger partial charge in [0.2, 0.25) is 0 Å². The van der Waals surface area contributed by atoms with Crippen LogP contribution in [0.1, 0.15) is 21.7 Å². The number of hydrogen-bond acceptors (Lipinski definition) is 4. The van der Waals surface area contributed by atoms with Crippen LogP contribution in [0.15, 0.2) is 35.1 Å². The third-order valence-electron chi connectivity index (χ3n) is 3.03. The fourth-order valence-electron chi connectivity index (χ4n) is 2.00. The maximum atomic E-state index is 11.8. The maximum absolute atomic E-state index is 11.8. The van der Waals surface area contributed by atoms with Crippen LogP contribution in [-0.4, -0.2) is 27.2 Å². The van der Waals surface area contributed by atoms with Gasteiger partial charge in [-0.2, -0.15) is 4.98 Å². The normalized spacial score (nSPS) is 10.4. The van der Waals surface area contributed by atoms with Crippen LogP contribution in [-0.2, 0) is 6.54 Å². The molecule has 0 spiro atoms. The van der Waals surface area contributed by atoms with E-state index in [0.29, 0.717) is 24.6 Å². The minimum absolute atomic E-state index is 0.206. The van der Waals surface area contributed by atoms with Crippen molar-refractivity contribution >= 4 is 5.97 Å². The summed E-state index contributed by atoms with van der Waals surface area (Å²) in [7, 11) is 0. The summed E-state index contributed by atoms with van der Waals surface area (Å²) in [4.78, 5) is 26.4. The van der Waals surface area contributed by atoms with E-state index in [2.05, 4.69) is 4.98 Å². The highest BCUT2D eigenvalue weighted by Gasteiger charge is 2.04. The number of aryl methyl sites for hydroxylation is 2. The van der Waals surface area contributed by atoms with Crippen LogP contribution in [0.5, 0.6) is 5.75 Å². The van der Waals surface area contributed by atoms with Crippen molar-refractivity contribution in [2.24, 2.45) is 0 Å². The van der Waals surface area contributed by atoms with Crippen molar-refractivity contribution in [3.63, 3.8) is 0 Å². The molecule has 1 aromatic heterocycles. The van der Waals surface area contributed by atoms with E-state index in [1.807, 2.05) is 13.0 Å². The summed E-state index contributed by atoms with van der Waals surface area (Å²) in [6.45, 7) is 4.31. The van der Waals surface area contributed by atoms with Crippen molar-refractivity contribution in [1.29, 1.82) is 0 Å². The minimum Gasteiger partial charge on any atom is -0.492 e. The number of benzene rings is 1. The summed E-state index contributed by atoms with van der Waals surface area (Å²) >= 11 is 0. The molecule has 2 rings (SSSR count). The quantitative estimate of drug-likeness (QED) is 0.904. The van der Waals surface area contributed by atoms with Gasteiger partial charge in [-0.3, -0.25) is 4.57 Å². The van der Waals surface area contributed by atoms with Gasteiger partial charge in [-0.1, -0.05) is 0 Å². The van der Waals surface area contributed by atoms with E-state index < -0.39 is 5.97 Å². The number of aromatic carboxylic acids is 1. The van der Waals surface area contributed by atoms with Crippen LogP contribution >= 0.6 is 0 Å². The number of nitrogens with zero attached hydrogens (tertiary/aromatic N) is 2. The fourth-order valence-corrected chi connectivity index (χ4v) is 2.00. The van der Waals surface area contributed by atoms with E-state index in [0.717, 1.165) is 5.69 Å². The lowest BCUT2D eigenvalue weighted by Gasteiger charge is -2.11. The molecular weight excluding hydrogens is 272 g/mol. The lowest BCUT2D eigenvalue weighted by atomic mass is 10.2. The van der Waals surface area contributed by atoms with E-state index in [1.165, 1.54) is 12.1 Å². The lowest BCUT2D eigenvalue weighted by molar-refractivity contribution is 0.0697. The van der Waals surface area contributed by atoms with Gasteiger partial charge in [-0.05, 0) is 44.2 Å². The van der Waals surface area contributed by atoms with Crippen LogP contribution < -0.4 is 10.4 Å². The van der Waals surface area contributed by atoms with Gasteiger partial charge in [0.1, 0.15) is 12.4 Å². The van der Waals surface area contributed by atoms with Gasteiger partial charge in [-0.25, -0.2) is 9.59 Å². The molecule has 110 valence electrons. The predicted molar refractivity (Wildman–Crippen MR) is 76.9 cm³/mol. The van der Waals surface area contributed by atoms with Crippen molar-refractivity contribution in [2.75, 3.05) is 6.61 Å². The highest BCUT2D eigenvalue weighted by atomic mass is 16.5. The standard InChI is InChI=1S/C15H16N2O4/c1-10-9-11(2)17(15(20)16-10)7-8-21-13-5-3-12(4-6-13)14(18)19/h3-6,9H,7-8H2,1-2H3,(H,18,19). The topological polar surface area (TPSA) is 81.4 Å². The third kappa shape index (κ3) is 3.68. The van der Waals surface area contributed by atoms with Crippen molar-refractivity contribution < 1.29 is 14.6 Å². The molecule has 0 bridgehead atoms. The van der Waals surface area contributed by atoms with Gasteiger partial charge in [0.25, 0.3) is 0 Å². The van der Waals surface area contributed by atoms with Gasteiger partial charge in [-0.15, -0.1) is 0 Å². The molecule has 2 aromatic rings. The molecule has 0 saturated heterocycles. The predicted octanol–water partition coefficient (Wildman–Crippen LogP) is 1.64. The molecule has 1 aromatic carbocycles. The molecule has 0 saturated carbocycles. The Kier molecular flexibility index (Phi) is 4.37. The first-order valence-electron chi connectivity index (χ1n) is 6.48. The first-order chi connectivity index (χ1) is 9.97. The van der Waals surface area contributed by atoms with E-state index in [4.69, 9.17) is 9.84 Å². The van der Waals surface area contributed by atoms with Crippen molar-refractivity contribution in [2.45, 2.75) is 20.4 Å². The molecule has 0 radical (unpaired) electrons. The molecule has 0 unspecified atom stereocenters. The summed E-state index contributed by atoms with van der Waals surface area (Å²) in [5, 5.41) is 8.80. The first-order valence-corrected chi connectivity index (χ1v) is 6.48. The molecule has 1 heterocycles. The molecule has 21 heavy (non-hydrogen) atoms. The summed E-state index contributed by atoms with van der Waals surface area (Å²) in [5.41, 5.74) is 1.44. The Bertz CT molecular complexity index is 705. The molecule has 0 aliphatic rings. The number of aromatic nitrogens is 2. The van der Waals surface area contributed by atoms with Crippen LogP contribution in [0.2, 0.25) is 0 Å². The molecule has 1 N–H and O–H groups in total. The monoisotopic (exact) mass is 288 g/mol. The molecule has 0 aliphatic heterocycles. The summed E-state index contributed by atoms with van der Waals surface area (Å²) in [6, 6.07) is 7.97. The van der Waals surface area contributed by atoms with Crippen molar-refractivity contribution in [1.82, 2.24) is 9.55 Å². The van der Waals surface area contributed by atoms with Crippen molar-refractivity contribution in [3.05, 3.63) is 57.8 Å². The number of carboxylic acids is 1. The third-order valence-corrected chi connectivity index (χ3v) is 3.03. The Morgan fingerprint density at radius 2 is 1.95 bits per heavy atom. The van der Waals surface area contributed by atoms with Crippen LogP contribution in [0, 0.1) is 13.8 Å². The highest BCUT2D eigenvalue weighted by molar-refractivity contribution is 5.87. The van der Waals surface area contributed by atoms with Crippen LogP contribution in [0.3, 0.4) is 0 Å². The first kappa shape index (κ1) is 14.8. The number of ether oxygens (including phenoxy) is 1. The van der Waals surface area contributed by atoms with Gasteiger partial charge in [0, 0.05) is 11.4 Å². The SMILES string of the molecule is Cc1cc(C)n(CCOc2ccc(C(=O)O)cc2)c(=O)n1. The van der Waals surface area contributed by atoms with E-state index in [-0.39, 0.29) is 11.3 Å². The van der Waals surface area contributed by atoms with E-state index >= 15 is 0 Å². The maximum Gasteiger partial charge on any atom is 0.348 e. The molecule has 6 heteroatoms. The smallest absolute Gasteiger partial charge is 0.348 e. The van der Waals surface area contributed by atoms with Crippen LogP contribution in [0.25, 0.3) is 0 Å². The van der Waals surface area contributed by atoms with Gasteiger partial charge >= 0.3 is 11.7 Å². The average Bonchev–Trinajstić information content (AvgIpc) is 2.42. The molecule has 0 fully saturated rings. The number of hydrogen-bond donors (Lipinski definition) is 1. The number of rotatable bonds is 5. The van der Waals surface area contributed by atoms with Gasteiger partial charge < -0.3 is 9.84 Å². The second-order valence-electron chi connectivity index (χ2n) is 4.65. The fraction of sp³-hybridized carbons (Fsp3) is 0.267. The summed E-state index contributed by atoms with van der Waals surface area (Å²) < 4.78 is 7.04. The lowest BCUT2D eigenvalue weighted by Crippen LogP contribution is -2.27. The Morgan fingerprint density at radius 3 is 2.52 bits per heavy atom.